The van der Waals surface area contributed by atoms with Crippen LogP contribution in [0.4, 0.5) is 20.6 Å². The van der Waals surface area contributed by atoms with Gasteiger partial charge in [-0.3, -0.25) is 4.79 Å². The number of carbonyl (C=O) groups is 2. The van der Waals surface area contributed by atoms with E-state index in [-0.39, 0.29) is 11.6 Å². The lowest BCUT2D eigenvalue weighted by Gasteiger charge is -2.13. The van der Waals surface area contributed by atoms with Crippen LogP contribution in [0.25, 0.3) is 0 Å². The second kappa shape index (κ2) is 9.32. The van der Waals surface area contributed by atoms with Crippen molar-refractivity contribution in [1.29, 1.82) is 0 Å². The number of benzene rings is 3. The summed E-state index contributed by atoms with van der Waals surface area (Å²) < 4.78 is 13.8. The molecule has 3 aromatic rings. The third-order valence-corrected chi connectivity index (χ3v) is 4.08. The molecule has 0 fully saturated rings. The predicted octanol–water partition coefficient (Wildman–Crippen LogP) is 4.44. The van der Waals surface area contributed by atoms with E-state index in [0.717, 1.165) is 5.56 Å². The van der Waals surface area contributed by atoms with Gasteiger partial charge in [-0.1, -0.05) is 54.6 Å². The molecule has 0 radical (unpaired) electrons. The van der Waals surface area contributed by atoms with Gasteiger partial charge in [-0.15, -0.1) is 0 Å². The number of hydrogen-bond acceptors (Lipinski definition) is 2. The minimum absolute atomic E-state index is 0.0652. The number of halogens is 1. The Bertz CT molecular complexity index is 961. The molecule has 0 bridgehead atoms. The first kappa shape index (κ1) is 19.1. The van der Waals surface area contributed by atoms with E-state index in [1.54, 1.807) is 30.3 Å². The number of nitrogens with one attached hydrogen (secondary N) is 3. The smallest absolute Gasteiger partial charge is 0.319 e. The van der Waals surface area contributed by atoms with Crippen molar-refractivity contribution in [3.05, 3.63) is 95.8 Å². The summed E-state index contributed by atoms with van der Waals surface area (Å²) in [6.45, 7) is 0.472. The fourth-order valence-corrected chi connectivity index (χ4v) is 2.67. The summed E-state index contributed by atoms with van der Waals surface area (Å²) in [7, 11) is 0. The Morgan fingerprint density at radius 3 is 2.07 bits per heavy atom. The van der Waals surface area contributed by atoms with Gasteiger partial charge >= 0.3 is 6.03 Å². The van der Waals surface area contributed by atoms with Gasteiger partial charge in [0, 0.05) is 6.54 Å². The van der Waals surface area contributed by atoms with Gasteiger partial charge in [-0.2, -0.15) is 0 Å². The van der Waals surface area contributed by atoms with Gasteiger partial charge < -0.3 is 16.0 Å². The van der Waals surface area contributed by atoms with Crippen LogP contribution >= 0.6 is 0 Å². The van der Waals surface area contributed by atoms with Gasteiger partial charge in [0.25, 0.3) is 5.91 Å². The average molecular weight is 377 g/mol. The zero-order valence-corrected chi connectivity index (χ0v) is 15.1. The van der Waals surface area contributed by atoms with E-state index in [2.05, 4.69) is 16.0 Å². The molecule has 0 heterocycles. The second-order valence-electron chi connectivity index (χ2n) is 6.10. The molecule has 3 amide bonds. The van der Waals surface area contributed by atoms with Gasteiger partial charge in [0.2, 0.25) is 0 Å². The monoisotopic (exact) mass is 377 g/mol. The third-order valence-electron chi connectivity index (χ3n) is 4.08. The summed E-state index contributed by atoms with van der Waals surface area (Å²) in [6, 6.07) is 21.9. The van der Waals surface area contributed by atoms with E-state index in [1.807, 2.05) is 30.3 Å². The van der Waals surface area contributed by atoms with Crippen LogP contribution in [0.1, 0.15) is 15.9 Å². The normalized spacial score (nSPS) is 10.2. The molecule has 3 N–H and O–H groups in total. The van der Waals surface area contributed by atoms with Crippen LogP contribution in [0.5, 0.6) is 0 Å². The Labute approximate surface area is 162 Å². The van der Waals surface area contributed by atoms with E-state index < -0.39 is 11.7 Å². The minimum Gasteiger partial charge on any atom is -0.338 e. The van der Waals surface area contributed by atoms with Crippen molar-refractivity contribution in [1.82, 2.24) is 5.32 Å². The van der Waals surface area contributed by atoms with E-state index >= 15 is 0 Å². The quantitative estimate of drug-likeness (QED) is 0.594. The zero-order valence-electron chi connectivity index (χ0n) is 15.1. The Kier molecular flexibility index (Phi) is 6.36. The van der Waals surface area contributed by atoms with Crippen molar-refractivity contribution in [2.24, 2.45) is 0 Å². The molecule has 0 aliphatic heterocycles. The maximum Gasteiger partial charge on any atom is 0.319 e. The molecular weight excluding hydrogens is 357 g/mol. The molecule has 0 saturated carbocycles. The highest BCUT2D eigenvalue weighted by Crippen LogP contribution is 2.22. The van der Waals surface area contributed by atoms with E-state index in [9.17, 15) is 14.0 Å². The lowest BCUT2D eigenvalue weighted by atomic mass is 10.1. The van der Waals surface area contributed by atoms with Crippen molar-refractivity contribution in [3.8, 4) is 0 Å². The van der Waals surface area contributed by atoms with E-state index in [4.69, 9.17) is 0 Å². The van der Waals surface area contributed by atoms with Crippen molar-refractivity contribution < 1.29 is 14.0 Å². The SMILES string of the molecule is O=C(NCCc1ccccc1)Nc1ccccc1NC(=O)c1ccccc1F. The zero-order chi connectivity index (χ0) is 19.8. The minimum atomic E-state index is -0.607. The number of para-hydroxylation sites is 2. The first-order valence-corrected chi connectivity index (χ1v) is 8.87. The molecule has 0 spiro atoms. The summed E-state index contributed by atoms with van der Waals surface area (Å²) >= 11 is 0. The van der Waals surface area contributed by atoms with Crippen LogP contribution in [-0.2, 0) is 6.42 Å². The molecule has 0 aliphatic rings. The van der Waals surface area contributed by atoms with Crippen LogP contribution in [0, 0.1) is 5.82 Å². The molecule has 142 valence electrons. The first-order chi connectivity index (χ1) is 13.6. The second-order valence-corrected chi connectivity index (χ2v) is 6.10. The summed E-state index contributed by atoms with van der Waals surface area (Å²) in [5.74, 6) is -1.19. The predicted molar refractivity (Wildman–Crippen MR) is 108 cm³/mol. The standard InChI is InChI=1S/C22H20FN3O2/c23-18-11-5-4-10-17(18)21(27)25-19-12-6-7-13-20(19)26-22(28)24-15-14-16-8-2-1-3-9-16/h1-13H,14-15H2,(H,25,27)(H2,24,26,28). The van der Waals surface area contributed by atoms with Gasteiger partial charge in [-0.25, -0.2) is 9.18 Å². The summed E-state index contributed by atoms with van der Waals surface area (Å²) in [5, 5.41) is 8.12. The molecule has 0 aromatic heterocycles. The van der Waals surface area contributed by atoms with Crippen LogP contribution in [-0.4, -0.2) is 18.5 Å². The van der Waals surface area contributed by atoms with Gasteiger partial charge in [0.1, 0.15) is 5.82 Å². The Morgan fingerprint density at radius 1 is 0.750 bits per heavy atom. The third kappa shape index (κ3) is 5.17. The van der Waals surface area contributed by atoms with Crippen LogP contribution < -0.4 is 16.0 Å². The number of anilines is 2. The summed E-state index contributed by atoms with van der Waals surface area (Å²) in [5.41, 5.74) is 1.86. The molecule has 0 atom stereocenters. The number of carbonyl (C=O) groups excluding carboxylic acids is 2. The van der Waals surface area contributed by atoms with Gasteiger partial charge in [-0.05, 0) is 36.2 Å². The number of amides is 3. The molecule has 0 saturated heterocycles. The lowest BCUT2D eigenvalue weighted by Crippen LogP contribution is -2.30. The molecule has 0 aliphatic carbocycles. The summed E-state index contributed by atoms with van der Waals surface area (Å²) in [6.07, 6.45) is 0.708. The van der Waals surface area contributed by atoms with E-state index in [1.165, 1.54) is 18.2 Å². The first-order valence-electron chi connectivity index (χ1n) is 8.87. The molecule has 5 nitrogen and oxygen atoms in total. The maximum absolute atomic E-state index is 13.8. The fourth-order valence-electron chi connectivity index (χ4n) is 2.67. The Hall–Kier alpha value is -3.67. The van der Waals surface area contributed by atoms with Gasteiger partial charge in [0.15, 0.2) is 0 Å². The van der Waals surface area contributed by atoms with Crippen LogP contribution in [0.15, 0.2) is 78.9 Å². The number of urea groups is 1. The van der Waals surface area contributed by atoms with Crippen LogP contribution in [0.2, 0.25) is 0 Å². The highest BCUT2D eigenvalue weighted by molar-refractivity contribution is 6.07. The summed E-state index contributed by atoms with van der Waals surface area (Å²) in [4.78, 5) is 24.5. The molecule has 3 aromatic carbocycles. The average Bonchev–Trinajstić information content (AvgIpc) is 2.70. The highest BCUT2D eigenvalue weighted by Gasteiger charge is 2.13. The lowest BCUT2D eigenvalue weighted by molar-refractivity contribution is 0.102. The number of hydrogen-bond donors (Lipinski definition) is 3. The maximum atomic E-state index is 13.8. The Balaban J connectivity index is 1.59. The van der Waals surface area contributed by atoms with Gasteiger partial charge in [0.05, 0.1) is 16.9 Å². The van der Waals surface area contributed by atoms with Crippen LogP contribution in [0.3, 0.4) is 0 Å². The molecule has 28 heavy (non-hydrogen) atoms. The molecular formula is C22H20FN3O2. The number of rotatable bonds is 6. The largest absolute Gasteiger partial charge is 0.338 e. The van der Waals surface area contributed by atoms with Crippen molar-refractivity contribution in [2.45, 2.75) is 6.42 Å². The molecule has 6 heteroatoms. The van der Waals surface area contributed by atoms with Crippen molar-refractivity contribution in [2.75, 3.05) is 17.2 Å². The molecule has 0 unspecified atom stereocenters. The molecule has 3 rings (SSSR count). The fraction of sp³-hybridized carbons (Fsp3) is 0.0909. The van der Waals surface area contributed by atoms with E-state index in [0.29, 0.717) is 24.3 Å². The van der Waals surface area contributed by atoms with Crippen molar-refractivity contribution in [3.63, 3.8) is 0 Å². The topological polar surface area (TPSA) is 70.2 Å². The Morgan fingerprint density at radius 2 is 1.36 bits per heavy atom. The van der Waals surface area contributed by atoms with Crippen molar-refractivity contribution >= 4 is 23.3 Å². The highest BCUT2D eigenvalue weighted by atomic mass is 19.1.